The van der Waals surface area contributed by atoms with E-state index >= 15 is 0 Å². The SMILES string of the molecule is CCNC(Cc1ccccc1Cl)c1cc(C)c(Cl)s1. The van der Waals surface area contributed by atoms with Crippen molar-refractivity contribution in [2.24, 2.45) is 0 Å². The van der Waals surface area contributed by atoms with E-state index in [2.05, 4.69) is 24.4 Å². The van der Waals surface area contributed by atoms with Gasteiger partial charge in [0.15, 0.2) is 0 Å². The third kappa shape index (κ3) is 3.73. The van der Waals surface area contributed by atoms with Crippen molar-refractivity contribution in [3.63, 3.8) is 0 Å². The molecule has 0 aliphatic rings. The Kier molecular flexibility index (Phi) is 5.28. The molecule has 2 aromatic rings. The minimum Gasteiger partial charge on any atom is -0.309 e. The van der Waals surface area contributed by atoms with Gasteiger partial charge in [-0.3, -0.25) is 0 Å². The van der Waals surface area contributed by atoms with Gasteiger partial charge in [0.1, 0.15) is 0 Å². The summed E-state index contributed by atoms with van der Waals surface area (Å²) in [7, 11) is 0. The molecule has 0 amide bonds. The van der Waals surface area contributed by atoms with Crippen molar-refractivity contribution in [1.82, 2.24) is 5.32 Å². The molecule has 1 unspecified atom stereocenters. The number of likely N-dealkylation sites (N-methyl/N-ethyl adjacent to an activating group) is 1. The molecule has 1 N–H and O–H groups in total. The summed E-state index contributed by atoms with van der Waals surface area (Å²) >= 11 is 14.1. The number of benzene rings is 1. The van der Waals surface area contributed by atoms with E-state index in [1.54, 1.807) is 11.3 Å². The van der Waals surface area contributed by atoms with Crippen LogP contribution in [0.25, 0.3) is 0 Å². The topological polar surface area (TPSA) is 12.0 Å². The Bertz CT molecular complexity index is 531. The van der Waals surface area contributed by atoms with E-state index in [1.165, 1.54) is 4.88 Å². The minimum absolute atomic E-state index is 0.265. The van der Waals surface area contributed by atoms with E-state index in [9.17, 15) is 0 Å². The molecule has 0 fully saturated rings. The summed E-state index contributed by atoms with van der Waals surface area (Å²) in [6.45, 7) is 5.08. The van der Waals surface area contributed by atoms with E-state index < -0.39 is 0 Å². The van der Waals surface area contributed by atoms with E-state index in [0.29, 0.717) is 0 Å². The van der Waals surface area contributed by atoms with Crippen LogP contribution in [0.5, 0.6) is 0 Å². The predicted octanol–water partition coefficient (Wildman–Crippen LogP) is 5.26. The molecule has 19 heavy (non-hydrogen) atoms. The third-order valence-electron chi connectivity index (χ3n) is 3.05. The second kappa shape index (κ2) is 6.76. The molecule has 0 aliphatic carbocycles. The lowest BCUT2D eigenvalue weighted by atomic mass is 10.0. The number of nitrogens with one attached hydrogen (secondary N) is 1. The molecule has 1 aromatic carbocycles. The van der Waals surface area contributed by atoms with Crippen LogP contribution in [0.2, 0.25) is 9.36 Å². The van der Waals surface area contributed by atoms with Gasteiger partial charge < -0.3 is 5.32 Å². The normalized spacial score (nSPS) is 12.6. The third-order valence-corrected chi connectivity index (χ3v) is 5.09. The summed E-state index contributed by atoms with van der Waals surface area (Å²) in [5.41, 5.74) is 2.31. The van der Waals surface area contributed by atoms with Crippen molar-refractivity contribution in [1.29, 1.82) is 0 Å². The number of rotatable bonds is 5. The Morgan fingerprint density at radius 2 is 2.00 bits per heavy atom. The average Bonchev–Trinajstić information content (AvgIpc) is 2.72. The average molecular weight is 314 g/mol. The van der Waals surface area contributed by atoms with Crippen molar-refractivity contribution in [2.45, 2.75) is 26.3 Å². The molecule has 0 spiro atoms. The van der Waals surface area contributed by atoms with Crippen LogP contribution in [-0.4, -0.2) is 6.54 Å². The van der Waals surface area contributed by atoms with Crippen LogP contribution >= 0.6 is 34.5 Å². The van der Waals surface area contributed by atoms with E-state index in [1.807, 2.05) is 25.1 Å². The fourth-order valence-corrected chi connectivity index (χ4v) is 3.57. The lowest BCUT2D eigenvalue weighted by molar-refractivity contribution is 0.558. The molecule has 1 heterocycles. The largest absolute Gasteiger partial charge is 0.309 e. The molecule has 2 rings (SSSR count). The number of thiophene rings is 1. The first-order valence-corrected chi connectivity index (χ1v) is 7.91. The quantitative estimate of drug-likeness (QED) is 0.794. The molecule has 102 valence electrons. The Hall–Kier alpha value is -0.540. The van der Waals surface area contributed by atoms with Gasteiger partial charge in [-0.05, 0) is 43.1 Å². The molecule has 0 bridgehead atoms. The molecule has 1 atom stereocenters. The van der Waals surface area contributed by atoms with E-state index in [0.717, 1.165) is 33.5 Å². The van der Waals surface area contributed by atoms with Gasteiger partial charge in [-0.1, -0.05) is 48.3 Å². The fraction of sp³-hybridized carbons (Fsp3) is 0.333. The molecule has 4 heteroatoms. The van der Waals surface area contributed by atoms with Crippen molar-refractivity contribution in [3.8, 4) is 0 Å². The summed E-state index contributed by atoms with van der Waals surface area (Å²) in [5.74, 6) is 0. The number of halogens is 2. The zero-order chi connectivity index (χ0) is 13.8. The summed E-state index contributed by atoms with van der Waals surface area (Å²) in [5, 5.41) is 4.33. The highest BCUT2D eigenvalue weighted by Crippen LogP contribution is 2.33. The first kappa shape index (κ1) is 14.9. The Balaban J connectivity index is 2.23. The van der Waals surface area contributed by atoms with Crippen LogP contribution in [0, 0.1) is 6.92 Å². The monoisotopic (exact) mass is 313 g/mol. The van der Waals surface area contributed by atoms with E-state index in [-0.39, 0.29) is 6.04 Å². The van der Waals surface area contributed by atoms with E-state index in [4.69, 9.17) is 23.2 Å². The van der Waals surface area contributed by atoms with Crippen LogP contribution in [0.3, 0.4) is 0 Å². The van der Waals surface area contributed by atoms with Crippen LogP contribution in [0.1, 0.15) is 29.0 Å². The molecule has 1 nitrogen and oxygen atoms in total. The maximum atomic E-state index is 6.24. The van der Waals surface area contributed by atoms with Crippen molar-refractivity contribution in [2.75, 3.05) is 6.54 Å². The summed E-state index contributed by atoms with van der Waals surface area (Å²) in [6.07, 6.45) is 0.879. The first-order valence-electron chi connectivity index (χ1n) is 6.34. The van der Waals surface area contributed by atoms with Crippen molar-refractivity contribution < 1.29 is 0 Å². The second-order valence-electron chi connectivity index (χ2n) is 4.51. The molecule has 0 saturated heterocycles. The van der Waals surface area contributed by atoms with Gasteiger partial charge in [0, 0.05) is 15.9 Å². The van der Waals surface area contributed by atoms with Crippen molar-refractivity contribution >= 4 is 34.5 Å². The maximum absolute atomic E-state index is 6.24. The number of hydrogen-bond acceptors (Lipinski definition) is 2. The smallest absolute Gasteiger partial charge is 0.0960 e. The lowest BCUT2D eigenvalue weighted by Crippen LogP contribution is -2.22. The Morgan fingerprint density at radius 1 is 1.26 bits per heavy atom. The number of aryl methyl sites for hydroxylation is 1. The van der Waals surface area contributed by atoms with Gasteiger partial charge in [-0.15, -0.1) is 11.3 Å². The number of hydrogen-bond donors (Lipinski definition) is 1. The van der Waals surface area contributed by atoms with Crippen LogP contribution in [0.4, 0.5) is 0 Å². The van der Waals surface area contributed by atoms with Crippen LogP contribution in [-0.2, 0) is 6.42 Å². The van der Waals surface area contributed by atoms with Gasteiger partial charge in [-0.25, -0.2) is 0 Å². The highest BCUT2D eigenvalue weighted by molar-refractivity contribution is 7.16. The standard InChI is InChI=1S/C15H17Cl2NS/c1-3-18-13(14-8-10(2)15(17)19-14)9-11-6-4-5-7-12(11)16/h4-8,13,18H,3,9H2,1-2H3. The van der Waals surface area contributed by atoms with Gasteiger partial charge in [0.2, 0.25) is 0 Å². The predicted molar refractivity (Wildman–Crippen MR) is 85.6 cm³/mol. The van der Waals surface area contributed by atoms with Crippen molar-refractivity contribution in [3.05, 3.63) is 55.7 Å². The highest BCUT2D eigenvalue weighted by Gasteiger charge is 2.16. The summed E-state index contributed by atoms with van der Waals surface area (Å²) in [6, 6.07) is 10.4. The highest BCUT2D eigenvalue weighted by atomic mass is 35.5. The molecular formula is C15H17Cl2NS. The first-order chi connectivity index (χ1) is 9.11. The summed E-state index contributed by atoms with van der Waals surface area (Å²) in [4.78, 5) is 1.27. The van der Waals surface area contributed by atoms with Gasteiger partial charge in [0.05, 0.1) is 4.34 Å². The van der Waals surface area contributed by atoms with Crippen LogP contribution in [0.15, 0.2) is 30.3 Å². The molecule has 0 aliphatic heterocycles. The van der Waals surface area contributed by atoms with Gasteiger partial charge >= 0.3 is 0 Å². The zero-order valence-corrected chi connectivity index (χ0v) is 13.4. The fourth-order valence-electron chi connectivity index (χ4n) is 2.06. The Labute approximate surface area is 128 Å². The minimum atomic E-state index is 0.265. The Morgan fingerprint density at radius 3 is 2.58 bits per heavy atom. The second-order valence-corrected chi connectivity index (χ2v) is 6.60. The zero-order valence-electron chi connectivity index (χ0n) is 11.0. The molecule has 0 radical (unpaired) electrons. The molecular weight excluding hydrogens is 297 g/mol. The summed E-state index contributed by atoms with van der Waals surface area (Å²) < 4.78 is 0.872. The molecule has 1 aromatic heterocycles. The van der Waals surface area contributed by atoms with Gasteiger partial charge in [0.25, 0.3) is 0 Å². The lowest BCUT2D eigenvalue weighted by Gasteiger charge is -2.17. The maximum Gasteiger partial charge on any atom is 0.0960 e. The van der Waals surface area contributed by atoms with Crippen LogP contribution < -0.4 is 5.32 Å². The molecule has 0 saturated carbocycles. The van der Waals surface area contributed by atoms with Gasteiger partial charge in [-0.2, -0.15) is 0 Å².